The van der Waals surface area contributed by atoms with Crippen molar-refractivity contribution in [2.24, 2.45) is 0 Å². The molecular weight excluding hydrogens is 258 g/mol. The lowest BCUT2D eigenvalue weighted by Gasteiger charge is -2.22. The first-order valence-electron chi connectivity index (χ1n) is 6.82. The molecule has 0 bridgehead atoms. The maximum absolute atomic E-state index is 11.8. The van der Waals surface area contributed by atoms with Crippen molar-refractivity contribution in [1.82, 2.24) is 5.32 Å². The van der Waals surface area contributed by atoms with Gasteiger partial charge in [-0.25, -0.2) is 0 Å². The monoisotopic (exact) mass is 279 g/mol. The van der Waals surface area contributed by atoms with Crippen LogP contribution in [0.4, 0.5) is 0 Å². The van der Waals surface area contributed by atoms with E-state index in [1.165, 1.54) is 0 Å². The summed E-state index contributed by atoms with van der Waals surface area (Å²) >= 11 is 0. The van der Waals surface area contributed by atoms with Gasteiger partial charge in [0.15, 0.2) is 0 Å². The zero-order valence-electron chi connectivity index (χ0n) is 11.9. The van der Waals surface area contributed by atoms with Crippen LogP contribution in [0.3, 0.4) is 0 Å². The Bertz CT molecular complexity index is 475. The molecule has 0 aromatic heterocycles. The molecule has 0 radical (unpaired) electrons. The minimum Gasteiger partial charge on any atom is -0.493 e. The largest absolute Gasteiger partial charge is 0.493 e. The molecule has 2 rings (SSSR count). The van der Waals surface area contributed by atoms with Crippen LogP contribution in [0.2, 0.25) is 0 Å². The van der Waals surface area contributed by atoms with Gasteiger partial charge in [-0.15, -0.1) is 0 Å². The number of aryl methyl sites for hydroxylation is 1. The van der Waals surface area contributed by atoms with E-state index in [2.05, 4.69) is 5.32 Å². The summed E-state index contributed by atoms with van der Waals surface area (Å²) in [5, 5.41) is 13.3. The van der Waals surface area contributed by atoms with Gasteiger partial charge >= 0.3 is 0 Å². The number of para-hydroxylation sites is 1. The number of fused-ring (bicyclic) bond motifs is 1. The maximum atomic E-state index is 11.8. The molecule has 110 valence electrons. The van der Waals surface area contributed by atoms with Crippen LogP contribution in [0.1, 0.15) is 30.1 Å². The van der Waals surface area contributed by atoms with E-state index in [0.717, 1.165) is 16.9 Å². The van der Waals surface area contributed by atoms with Crippen molar-refractivity contribution < 1.29 is 19.4 Å². The Kier molecular flexibility index (Phi) is 4.98. The Morgan fingerprint density at radius 1 is 1.55 bits per heavy atom. The first-order valence-corrected chi connectivity index (χ1v) is 6.82. The third-order valence-electron chi connectivity index (χ3n) is 3.50. The number of aliphatic hydroxyl groups excluding tert-OH is 1. The predicted octanol–water partition coefficient (Wildman–Crippen LogP) is 1.33. The molecule has 2 atom stereocenters. The van der Waals surface area contributed by atoms with Crippen LogP contribution in [-0.4, -0.2) is 37.4 Å². The number of benzene rings is 1. The summed E-state index contributed by atoms with van der Waals surface area (Å²) in [6, 6.07) is 5.34. The number of rotatable bonds is 4. The average Bonchev–Trinajstić information content (AvgIpc) is 2.59. The topological polar surface area (TPSA) is 67.8 Å². The van der Waals surface area contributed by atoms with Crippen LogP contribution in [-0.2, 0) is 9.53 Å². The first kappa shape index (κ1) is 14.8. The minimum atomic E-state index is -0.751. The highest BCUT2D eigenvalue weighted by Gasteiger charge is 2.28. The maximum Gasteiger partial charge on any atom is 0.222 e. The molecular formula is C15H21NO4. The lowest BCUT2D eigenvalue weighted by atomic mass is 9.98. The Hall–Kier alpha value is -1.59. The highest BCUT2D eigenvalue weighted by molar-refractivity contribution is 5.76. The Balaban J connectivity index is 2.11. The van der Waals surface area contributed by atoms with Crippen LogP contribution in [0, 0.1) is 6.92 Å². The third kappa shape index (κ3) is 3.29. The number of nitrogens with one attached hydrogen (secondary N) is 1. The molecule has 1 aromatic carbocycles. The molecule has 5 nitrogen and oxygen atoms in total. The molecule has 2 N–H and O–H groups in total. The van der Waals surface area contributed by atoms with Crippen LogP contribution in [0.25, 0.3) is 0 Å². The van der Waals surface area contributed by atoms with E-state index in [1.807, 2.05) is 25.1 Å². The highest BCUT2D eigenvalue weighted by Crippen LogP contribution is 2.34. The number of hydrogen-bond donors (Lipinski definition) is 2. The van der Waals surface area contributed by atoms with E-state index in [9.17, 15) is 9.90 Å². The summed E-state index contributed by atoms with van der Waals surface area (Å²) in [5.41, 5.74) is 1.73. The lowest BCUT2D eigenvalue weighted by molar-refractivity contribution is -0.123. The van der Waals surface area contributed by atoms with E-state index < -0.39 is 6.10 Å². The summed E-state index contributed by atoms with van der Waals surface area (Å²) in [5.74, 6) is 0.612. The van der Waals surface area contributed by atoms with E-state index in [4.69, 9.17) is 9.47 Å². The molecule has 1 amide bonds. The molecule has 0 spiro atoms. The zero-order chi connectivity index (χ0) is 14.5. The summed E-state index contributed by atoms with van der Waals surface area (Å²) in [6.07, 6.45) is 0.119. The minimum absolute atomic E-state index is 0.119. The van der Waals surface area contributed by atoms with Gasteiger partial charge < -0.3 is 19.9 Å². The van der Waals surface area contributed by atoms with Gasteiger partial charge in [0.1, 0.15) is 11.9 Å². The quantitative estimate of drug-likeness (QED) is 0.872. The van der Waals surface area contributed by atoms with E-state index in [-0.39, 0.29) is 11.9 Å². The molecule has 2 unspecified atom stereocenters. The van der Waals surface area contributed by atoms with Gasteiger partial charge in [-0.2, -0.15) is 0 Å². The number of ether oxygens (including phenoxy) is 2. The SMILES string of the molecule is COCCC(=O)NC1CCOc2c(C)cccc2C1O. The van der Waals surface area contributed by atoms with Crippen LogP contribution < -0.4 is 10.1 Å². The molecule has 1 aliphatic heterocycles. The second-order valence-corrected chi connectivity index (χ2v) is 4.99. The lowest BCUT2D eigenvalue weighted by Crippen LogP contribution is -2.39. The molecule has 5 heteroatoms. The summed E-state index contributed by atoms with van der Waals surface area (Å²) in [7, 11) is 1.56. The Labute approximate surface area is 118 Å². The molecule has 0 saturated carbocycles. The van der Waals surface area contributed by atoms with Crippen LogP contribution in [0.15, 0.2) is 18.2 Å². The second-order valence-electron chi connectivity index (χ2n) is 4.99. The van der Waals surface area contributed by atoms with Gasteiger partial charge in [-0.1, -0.05) is 18.2 Å². The highest BCUT2D eigenvalue weighted by atomic mass is 16.5. The fourth-order valence-electron chi connectivity index (χ4n) is 2.39. The van der Waals surface area contributed by atoms with Gasteiger partial charge in [0.05, 0.1) is 19.3 Å². The van der Waals surface area contributed by atoms with Crippen molar-refractivity contribution in [3.05, 3.63) is 29.3 Å². The fourth-order valence-corrected chi connectivity index (χ4v) is 2.39. The summed E-state index contributed by atoms with van der Waals surface area (Å²) in [6.45, 7) is 2.80. The van der Waals surface area contributed by atoms with Gasteiger partial charge in [0.25, 0.3) is 0 Å². The number of carbonyl (C=O) groups excluding carboxylic acids is 1. The first-order chi connectivity index (χ1) is 9.63. The second kappa shape index (κ2) is 6.72. The van der Waals surface area contributed by atoms with Gasteiger partial charge in [0.2, 0.25) is 5.91 Å². The molecule has 20 heavy (non-hydrogen) atoms. The average molecular weight is 279 g/mol. The van der Waals surface area contributed by atoms with Crippen molar-refractivity contribution in [3.8, 4) is 5.75 Å². The molecule has 0 aliphatic carbocycles. The van der Waals surface area contributed by atoms with Crippen molar-refractivity contribution >= 4 is 5.91 Å². The van der Waals surface area contributed by atoms with Crippen molar-refractivity contribution in [2.75, 3.05) is 20.3 Å². The zero-order valence-corrected chi connectivity index (χ0v) is 11.9. The van der Waals surface area contributed by atoms with E-state index >= 15 is 0 Å². The van der Waals surface area contributed by atoms with E-state index in [0.29, 0.717) is 26.1 Å². The van der Waals surface area contributed by atoms with Gasteiger partial charge in [0, 0.05) is 25.5 Å². The third-order valence-corrected chi connectivity index (χ3v) is 3.50. The summed E-state index contributed by atoms with van der Waals surface area (Å²) < 4.78 is 10.6. The smallest absolute Gasteiger partial charge is 0.222 e. The van der Waals surface area contributed by atoms with Crippen molar-refractivity contribution in [2.45, 2.75) is 31.9 Å². The normalized spacial score (nSPS) is 21.6. The summed E-state index contributed by atoms with van der Waals surface area (Å²) in [4.78, 5) is 11.8. The standard InChI is InChI=1S/C15H21NO4/c1-10-4-3-5-11-14(18)12(6-9-20-15(10)11)16-13(17)7-8-19-2/h3-5,12,14,18H,6-9H2,1-2H3,(H,16,17). The molecule has 0 saturated heterocycles. The fraction of sp³-hybridized carbons (Fsp3) is 0.533. The Morgan fingerprint density at radius 2 is 2.35 bits per heavy atom. The van der Waals surface area contributed by atoms with Crippen LogP contribution in [0.5, 0.6) is 5.75 Å². The van der Waals surface area contributed by atoms with Crippen LogP contribution >= 0.6 is 0 Å². The van der Waals surface area contributed by atoms with Crippen molar-refractivity contribution in [1.29, 1.82) is 0 Å². The molecule has 1 aromatic rings. The van der Waals surface area contributed by atoms with Crippen molar-refractivity contribution in [3.63, 3.8) is 0 Å². The van der Waals surface area contributed by atoms with E-state index in [1.54, 1.807) is 7.11 Å². The number of hydrogen-bond acceptors (Lipinski definition) is 4. The van der Waals surface area contributed by atoms with Gasteiger partial charge in [-0.05, 0) is 12.5 Å². The molecule has 1 aliphatic rings. The molecule has 0 fully saturated rings. The number of carbonyl (C=O) groups is 1. The Morgan fingerprint density at radius 3 is 3.10 bits per heavy atom. The number of aliphatic hydroxyl groups is 1. The molecule has 1 heterocycles. The van der Waals surface area contributed by atoms with Gasteiger partial charge in [-0.3, -0.25) is 4.79 Å². The number of amides is 1. The predicted molar refractivity (Wildman–Crippen MR) is 74.7 cm³/mol. The number of methoxy groups -OCH3 is 1.